The number of rotatable bonds is 6. The summed E-state index contributed by atoms with van der Waals surface area (Å²) in [7, 11) is 0. The predicted octanol–water partition coefficient (Wildman–Crippen LogP) is -0.113. The first-order valence-corrected chi connectivity index (χ1v) is 6.06. The summed E-state index contributed by atoms with van der Waals surface area (Å²) in [5.74, 6) is -1.44. The summed E-state index contributed by atoms with van der Waals surface area (Å²) >= 11 is 0. The van der Waals surface area contributed by atoms with Crippen molar-refractivity contribution in [1.82, 2.24) is 5.32 Å². The van der Waals surface area contributed by atoms with Crippen LogP contribution in [-0.4, -0.2) is 39.8 Å². The van der Waals surface area contributed by atoms with Gasteiger partial charge in [-0.05, 0) is 12.5 Å². The van der Waals surface area contributed by atoms with Crippen LogP contribution < -0.4 is 11.1 Å². The largest absolute Gasteiger partial charge is 0.478 e. The fourth-order valence-corrected chi connectivity index (χ4v) is 1.79. The Hall–Kier alpha value is -2.12. The maximum atomic E-state index is 10.9. The number of anilines is 1. The van der Waals surface area contributed by atoms with Gasteiger partial charge in [-0.2, -0.15) is 0 Å². The Bertz CT molecular complexity index is 504. The number of amides is 1. The quantitative estimate of drug-likeness (QED) is 0.462. The van der Waals surface area contributed by atoms with Gasteiger partial charge in [-0.3, -0.25) is 4.79 Å². The van der Waals surface area contributed by atoms with Crippen molar-refractivity contribution < 1.29 is 24.9 Å². The van der Waals surface area contributed by atoms with Crippen molar-refractivity contribution in [2.24, 2.45) is 0 Å². The van der Waals surface area contributed by atoms with Crippen molar-refractivity contribution in [2.75, 3.05) is 12.3 Å². The van der Waals surface area contributed by atoms with E-state index in [1.54, 1.807) is 0 Å². The van der Waals surface area contributed by atoms with Gasteiger partial charge in [0.2, 0.25) is 5.91 Å². The zero-order valence-electron chi connectivity index (χ0n) is 11.0. The van der Waals surface area contributed by atoms with E-state index in [0.717, 1.165) is 0 Å². The van der Waals surface area contributed by atoms with Gasteiger partial charge < -0.3 is 26.4 Å². The molecule has 0 aliphatic rings. The van der Waals surface area contributed by atoms with E-state index in [1.807, 2.05) is 0 Å². The zero-order chi connectivity index (χ0) is 15.3. The van der Waals surface area contributed by atoms with Crippen LogP contribution in [0.15, 0.2) is 18.2 Å². The Morgan fingerprint density at radius 2 is 2.00 bits per heavy atom. The van der Waals surface area contributed by atoms with Crippen LogP contribution >= 0.6 is 0 Å². The number of carboxylic acids is 1. The third kappa shape index (κ3) is 3.94. The number of para-hydroxylation sites is 1. The topological polar surface area (TPSA) is 133 Å². The number of nitrogens with one attached hydrogen (secondary N) is 1. The second-order valence-corrected chi connectivity index (χ2v) is 4.40. The monoisotopic (exact) mass is 282 g/mol. The van der Waals surface area contributed by atoms with Crippen molar-refractivity contribution in [3.05, 3.63) is 29.3 Å². The predicted molar refractivity (Wildman–Crippen MR) is 72.1 cm³/mol. The maximum Gasteiger partial charge on any atom is 0.337 e. The first-order chi connectivity index (χ1) is 9.34. The van der Waals surface area contributed by atoms with E-state index >= 15 is 0 Å². The van der Waals surface area contributed by atoms with Crippen molar-refractivity contribution in [2.45, 2.75) is 25.6 Å². The Kier molecular flexibility index (Phi) is 5.48. The van der Waals surface area contributed by atoms with Crippen LogP contribution in [0.2, 0.25) is 0 Å². The van der Waals surface area contributed by atoms with E-state index in [0.29, 0.717) is 0 Å². The van der Waals surface area contributed by atoms with Gasteiger partial charge >= 0.3 is 5.97 Å². The van der Waals surface area contributed by atoms with Gasteiger partial charge in [-0.15, -0.1) is 0 Å². The molecule has 1 aromatic rings. The molecule has 6 N–H and O–H groups in total. The SMILES string of the molecule is CC(=O)NCCC(O)C(O)c1cccc(C(=O)O)c1N. The molecule has 0 fully saturated rings. The third-order valence-corrected chi connectivity index (χ3v) is 2.87. The molecule has 0 saturated carbocycles. The smallest absolute Gasteiger partial charge is 0.337 e. The molecule has 0 aliphatic heterocycles. The summed E-state index contributed by atoms with van der Waals surface area (Å²) in [6.07, 6.45) is -2.35. The second-order valence-electron chi connectivity index (χ2n) is 4.40. The van der Waals surface area contributed by atoms with E-state index in [1.165, 1.54) is 25.1 Å². The molecule has 7 heteroatoms. The molecule has 7 nitrogen and oxygen atoms in total. The van der Waals surface area contributed by atoms with Gasteiger partial charge in [0, 0.05) is 19.0 Å². The number of carbonyl (C=O) groups excluding carboxylic acids is 1. The lowest BCUT2D eigenvalue weighted by atomic mass is 9.97. The molecule has 0 aliphatic carbocycles. The Morgan fingerprint density at radius 1 is 1.35 bits per heavy atom. The second kappa shape index (κ2) is 6.88. The van der Waals surface area contributed by atoms with E-state index < -0.39 is 18.2 Å². The Morgan fingerprint density at radius 3 is 2.55 bits per heavy atom. The molecule has 0 heterocycles. The molecular formula is C13H18N2O5. The molecule has 0 radical (unpaired) electrons. The minimum Gasteiger partial charge on any atom is -0.478 e. The Balaban J connectivity index is 2.81. The summed E-state index contributed by atoms with van der Waals surface area (Å²) in [6.45, 7) is 1.54. The fourth-order valence-electron chi connectivity index (χ4n) is 1.79. The number of carbonyl (C=O) groups is 2. The van der Waals surface area contributed by atoms with E-state index in [-0.39, 0.29) is 35.7 Å². The van der Waals surface area contributed by atoms with E-state index in [4.69, 9.17) is 10.8 Å². The first kappa shape index (κ1) is 15.9. The highest BCUT2D eigenvalue weighted by Gasteiger charge is 2.22. The number of benzene rings is 1. The lowest BCUT2D eigenvalue weighted by Crippen LogP contribution is -2.28. The molecule has 2 unspecified atom stereocenters. The van der Waals surface area contributed by atoms with Gasteiger partial charge in [-0.1, -0.05) is 12.1 Å². The number of carboxylic acid groups (broad SMARTS) is 1. The number of aliphatic hydroxyl groups excluding tert-OH is 2. The highest BCUT2D eigenvalue weighted by molar-refractivity contribution is 5.94. The van der Waals surface area contributed by atoms with Crippen molar-refractivity contribution >= 4 is 17.6 Å². The fraction of sp³-hybridized carbons (Fsp3) is 0.385. The summed E-state index contributed by atoms with van der Waals surface area (Å²) in [4.78, 5) is 21.6. The summed E-state index contributed by atoms with van der Waals surface area (Å²) in [5, 5.41) is 31.3. The number of hydrogen-bond acceptors (Lipinski definition) is 5. The third-order valence-electron chi connectivity index (χ3n) is 2.87. The molecule has 0 bridgehead atoms. The number of hydrogen-bond donors (Lipinski definition) is 5. The lowest BCUT2D eigenvalue weighted by Gasteiger charge is -2.20. The van der Waals surface area contributed by atoms with Gasteiger partial charge in [0.05, 0.1) is 17.4 Å². The zero-order valence-corrected chi connectivity index (χ0v) is 11.0. The van der Waals surface area contributed by atoms with Crippen LogP contribution in [0.5, 0.6) is 0 Å². The average Bonchev–Trinajstić information content (AvgIpc) is 2.37. The standard InChI is InChI=1S/C13H18N2O5/c1-7(16)15-6-5-10(17)12(18)8-3-2-4-9(11(8)14)13(19)20/h2-4,10,12,17-18H,5-6,14H2,1H3,(H,15,16)(H,19,20). The molecular weight excluding hydrogens is 264 g/mol. The van der Waals surface area contributed by atoms with E-state index in [9.17, 15) is 19.8 Å². The van der Waals surface area contributed by atoms with Crippen LogP contribution in [0.25, 0.3) is 0 Å². The molecule has 0 saturated heterocycles. The summed E-state index contributed by atoms with van der Waals surface area (Å²) < 4.78 is 0. The molecule has 0 spiro atoms. The number of nitrogens with two attached hydrogens (primary N) is 1. The Labute approximate surface area is 116 Å². The molecule has 1 rings (SSSR count). The van der Waals surface area contributed by atoms with Gasteiger partial charge in [-0.25, -0.2) is 4.79 Å². The number of nitrogen functional groups attached to an aromatic ring is 1. The number of aliphatic hydroxyl groups is 2. The normalized spacial score (nSPS) is 13.6. The molecule has 2 atom stereocenters. The highest BCUT2D eigenvalue weighted by atomic mass is 16.4. The molecule has 1 amide bonds. The average molecular weight is 282 g/mol. The lowest BCUT2D eigenvalue weighted by molar-refractivity contribution is -0.119. The van der Waals surface area contributed by atoms with Crippen LogP contribution in [0, 0.1) is 0 Å². The van der Waals surface area contributed by atoms with Crippen molar-refractivity contribution in [3.8, 4) is 0 Å². The highest BCUT2D eigenvalue weighted by Crippen LogP contribution is 2.27. The maximum absolute atomic E-state index is 10.9. The van der Waals surface area contributed by atoms with Crippen molar-refractivity contribution in [3.63, 3.8) is 0 Å². The molecule has 20 heavy (non-hydrogen) atoms. The minimum atomic E-state index is -1.32. The molecule has 0 aromatic heterocycles. The summed E-state index contributed by atoms with van der Waals surface area (Å²) in [5.41, 5.74) is 5.62. The first-order valence-electron chi connectivity index (χ1n) is 6.06. The molecule has 110 valence electrons. The molecule has 1 aromatic carbocycles. The van der Waals surface area contributed by atoms with Crippen LogP contribution in [-0.2, 0) is 4.79 Å². The van der Waals surface area contributed by atoms with Crippen molar-refractivity contribution in [1.29, 1.82) is 0 Å². The summed E-state index contributed by atoms with van der Waals surface area (Å²) in [6, 6.07) is 4.21. The van der Waals surface area contributed by atoms with Crippen LogP contribution in [0.1, 0.15) is 35.4 Å². The van der Waals surface area contributed by atoms with E-state index in [2.05, 4.69) is 5.32 Å². The van der Waals surface area contributed by atoms with Crippen LogP contribution in [0.4, 0.5) is 5.69 Å². The van der Waals surface area contributed by atoms with Gasteiger partial charge in [0.15, 0.2) is 0 Å². The van der Waals surface area contributed by atoms with Gasteiger partial charge in [0.25, 0.3) is 0 Å². The van der Waals surface area contributed by atoms with Gasteiger partial charge in [0.1, 0.15) is 6.10 Å². The minimum absolute atomic E-state index is 0.0777. The number of aromatic carboxylic acids is 1. The van der Waals surface area contributed by atoms with Crippen LogP contribution in [0.3, 0.4) is 0 Å².